The van der Waals surface area contributed by atoms with E-state index in [1.807, 2.05) is 12.1 Å². The summed E-state index contributed by atoms with van der Waals surface area (Å²) >= 11 is 3.37. The smallest absolute Gasteiger partial charge is 0.411 e. The SMILES string of the molecule is COC(=O)Nc1ccc(NC(=O)C2CCN(C(=O)c3ccc(Br)cc3)CC2)cc1. The van der Waals surface area contributed by atoms with Crippen LogP contribution < -0.4 is 10.6 Å². The third kappa shape index (κ3) is 5.57. The molecule has 2 aromatic rings. The summed E-state index contributed by atoms with van der Waals surface area (Å²) in [6.45, 7) is 1.10. The van der Waals surface area contributed by atoms with Crippen LogP contribution in [-0.2, 0) is 9.53 Å². The molecule has 152 valence electrons. The predicted molar refractivity (Wildman–Crippen MR) is 114 cm³/mol. The number of carbonyl (C=O) groups excluding carboxylic acids is 3. The molecule has 2 N–H and O–H groups in total. The molecule has 0 aliphatic carbocycles. The van der Waals surface area contributed by atoms with E-state index >= 15 is 0 Å². The fraction of sp³-hybridized carbons (Fsp3) is 0.286. The lowest BCUT2D eigenvalue weighted by Crippen LogP contribution is -2.41. The van der Waals surface area contributed by atoms with E-state index in [-0.39, 0.29) is 17.7 Å². The highest BCUT2D eigenvalue weighted by Gasteiger charge is 2.27. The molecule has 2 aromatic carbocycles. The second-order valence-corrected chi connectivity index (χ2v) is 7.67. The van der Waals surface area contributed by atoms with Crippen LogP contribution in [0.3, 0.4) is 0 Å². The van der Waals surface area contributed by atoms with E-state index in [1.165, 1.54) is 7.11 Å². The highest BCUT2D eigenvalue weighted by atomic mass is 79.9. The van der Waals surface area contributed by atoms with Gasteiger partial charge in [0.05, 0.1) is 7.11 Å². The number of ether oxygens (including phenoxy) is 1. The maximum Gasteiger partial charge on any atom is 0.411 e. The van der Waals surface area contributed by atoms with Gasteiger partial charge in [-0.3, -0.25) is 14.9 Å². The van der Waals surface area contributed by atoms with Gasteiger partial charge in [-0.05, 0) is 61.4 Å². The number of rotatable bonds is 4. The van der Waals surface area contributed by atoms with E-state index in [9.17, 15) is 14.4 Å². The van der Waals surface area contributed by atoms with E-state index in [2.05, 4.69) is 31.3 Å². The Balaban J connectivity index is 1.50. The van der Waals surface area contributed by atoms with E-state index in [0.29, 0.717) is 42.9 Å². The van der Waals surface area contributed by atoms with Gasteiger partial charge in [0.15, 0.2) is 0 Å². The maximum atomic E-state index is 12.6. The lowest BCUT2D eigenvalue weighted by Gasteiger charge is -2.31. The number of methoxy groups -OCH3 is 1. The fourth-order valence-corrected chi connectivity index (χ4v) is 3.43. The number of hydrogen-bond acceptors (Lipinski definition) is 4. The van der Waals surface area contributed by atoms with Crippen LogP contribution in [0.25, 0.3) is 0 Å². The summed E-state index contributed by atoms with van der Waals surface area (Å²) in [5.41, 5.74) is 1.88. The Morgan fingerprint density at radius 3 is 2.03 bits per heavy atom. The van der Waals surface area contributed by atoms with Crippen molar-refractivity contribution < 1.29 is 19.1 Å². The summed E-state index contributed by atoms with van der Waals surface area (Å²) in [6, 6.07) is 14.1. The van der Waals surface area contributed by atoms with Crippen molar-refractivity contribution in [2.75, 3.05) is 30.8 Å². The van der Waals surface area contributed by atoms with Gasteiger partial charge in [0.1, 0.15) is 0 Å². The number of anilines is 2. The lowest BCUT2D eigenvalue weighted by atomic mass is 9.95. The minimum absolute atomic E-state index is 0.00921. The van der Waals surface area contributed by atoms with E-state index in [1.54, 1.807) is 41.3 Å². The molecule has 7 nitrogen and oxygen atoms in total. The van der Waals surface area contributed by atoms with E-state index in [4.69, 9.17) is 0 Å². The molecular weight excluding hydrogens is 438 g/mol. The summed E-state index contributed by atoms with van der Waals surface area (Å²) in [4.78, 5) is 38.1. The highest BCUT2D eigenvalue weighted by Crippen LogP contribution is 2.22. The molecule has 0 bridgehead atoms. The molecule has 1 aliphatic heterocycles. The van der Waals surface area contributed by atoms with Crippen molar-refractivity contribution in [1.29, 1.82) is 0 Å². The highest BCUT2D eigenvalue weighted by molar-refractivity contribution is 9.10. The first-order valence-electron chi connectivity index (χ1n) is 9.27. The number of carbonyl (C=O) groups is 3. The first kappa shape index (κ1) is 20.9. The van der Waals surface area contributed by atoms with Crippen molar-refractivity contribution in [1.82, 2.24) is 4.90 Å². The standard InChI is InChI=1S/C21H22BrN3O4/c1-29-21(28)24-18-8-6-17(7-9-18)23-19(26)14-10-12-25(13-11-14)20(27)15-2-4-16(22)5-3-15/h2-9,14H,10-13H2,1H3,(H,23,26)(H,24,28). The molecule has 1 heterocycles. The number of benzene rings is 2. The van der Waals surface area contributed by atoms with Crippen molar-refractivity contribution in [3.63, 3.8) is 0 Å². The summed E-state index contributed by atoms with van der Waals surface area (Å²) < 4.78 is 5.47. The number of halogens is 1. The van der Waals surface area contributed by atoms with Crippen LogP contribution in [0.15, 0.2) is 53.0 Å². The van der Waals surface area contributed by atoms with Crippen LogP contribution in [0.1, 0.15) is 23.2 Å². The second-order valence-electron chi connectivity index (χ2n) is 6.76. The maximum absolute atomic E-state index is 12.6. The molecule has 1 fully saturated rings. The lowest BCUT2D eigenvalue weighted by molar-refractivity contribution is -0.121. The zero-order chi connectivity index (χ0) is 20.8. The van der Waals surface area contributed by atoms with Crippen molar-refractivity contribution in [2.45, 2.75) is 12.8 Å². The fourth-order valence-electron chi connectivity index (χ4n) is 3.17. The second kappa shape index (κ2) is 9.56. The monoisotopic (exact) mass is 459 g/mol. The Morgan fingerprint density at radius 2 is 1.48 bits per heavy atom. The molecule has 1 aliphatic rings. The van der Waals surface area contributed by atoms with Crippen molar-refractivity contribution >= 4 is 45.2 Å². The molecule has 8 heteroatoms. The van der Waals surface area contributed by atoms with Gasteiger partial charge in [-0.25, -0.2) is 4.79 Å². The molecule has 0 spiro atoms. The molecule has 0 aromatic heterocycles. The van der Waals surface area contributed by atoms with Crippen LogP contribution in [0.5, 0.6) is 0 Å². The summed E-state index contributed by atoms with van der Waals surface area (Å²) in [6.07, 6.45) is 0.692. The van der Waals surface area contributed by atoms with Crippen LogP contribution in [0.2, 0.25) is 0 Å². The van der Waals surface area contributed by atoms with Crippen molar-refractivity contribution in [3.05, 3.63) is 58.6 Å². The van der Waals surface area contributed by atoms with Crippen molar-refractivity contribution in [2.24, 2.45) is 5.92 Å². The largest absolute Gasteiger partial charge is 0.453 e. The van der Waals surface area contributed by atoms with Gasteiger partial charge in [-0.1, -0.05) is 15.9 Å². The number of nitrogens with one attached hydrogen (secondary N) is 2. The molecule has 29 heavy (non-hydrogen) atoms. The molecule has 0 unspecified atom stereocenters. The Bertz CT molecular complexity index is 876. The Labute approximate surface area is 177 Å². The van der Waals surface area contributed by atoms with Gasteiger partial charge in [0, 0.05) is 40.4 Å². The van der Waals surface area contributed by atoms with Crippen LogP contribution in [0, 0.1) is 5.92 Å². The average Bonchev–Trinajstić information content (AvgIpc) is 2.75. The number of hydrogen-bond donors (Lipinski definition) is 2. The number of nitrogens with zero attached hydrogens (tertiary/aromatic N) is 1. The minimum atomic E-state index is -0.550. The van der Waals surface area contributed by atoms with Gasteiger partial charge in [0.25, 0.3) is 5.91 Å². The molecule has 3 amide bonds. The molecular formula is C21H22BrN3O4. The first-order valence-corrected chi connectivity index (χ1v) is 10.1. The Hall–Kier alpha value is -2.87. The molecule has 0 radical (unpaired) electrons. The van der Waals surface area contributed by atoms with Crippen LogP contribution in [0.4, 0.5) is 16.2 Å². The number of likely N-dealkylation sites (tertiary alicyclic amines) is 1. The third-order valence-electron chi connectivity index (χ3n) is 4.83. The van der Waals surface area contributed by atoms with Crippen LogP contribution >= 0.6 is 15.9 Å². The molecule has 1 saturated heterocycles. The van der Waals surface area contributed by atoms with Gasteiger partial charge in [-0.15, -0.1) is 0 Å². The minimum Gasteiger partial charge on any atom is -0.453 e. The Kier molecular flexibility index (Phi) is 6.87. The molecule has 0 atom stereocenters. The average molecular weight is 460 g/mol. The van der Waals surface area contributed by atoms with E-state index in [0.717, 1.165) is 4.47 Å². The van der Waals surface area contributed by atoms with Crippen LogP contribution in [-0.4, -0.2) is 43.0 Å². The first-order chi connectivity index (χ1) is 14.0. The Morgan fingerprint density at radius 1 is 0.931 bits per heavy atom. The normalized spacial score (nSPS) is 14.2. The number of amides is 3. The molecule has 0 saturated carbocycles. The van der Waals surface area contributed by atoms with Gasteiger partial charge in [-0.2, -0.15) is 0 Å². The molecule has 3 rings (SSSR count). The van der Waals surface area contributed by atoms with Gasteiger partial charge >= 0.3 is 6.09 Å². The number of piperidine rings is 1. The zero-order valence-electron chi connectivity index (χ0n) is 16.0. The third-order valence-corrected chi connectivity index (χ3v) is 5.36. The quantitative estimate of drug-likeness (QED) is 0.719. The van der Waals surface area contributed by atoms with Gasteiger partial charge in [0.2, 0.25) is 5.91 Å². The summed E-state index contributed by atoms with van der Waals surface area (Å²) in [5, 5.41) is 5.45. The summed E-state index contributed by atoms with van der Waals surface area (Å²) in [7, 11) is 1.29. The van der Waals surface area contributed by atoms with Crippen molar-refractivity contribution in [3.8, 4) is 0 Å². The van der Waals surface area contributed by atoms with E-state index < -0.39 is 6.09 Å². The predicted octanol–water partition coefficient (Wildman–Crippen LogP) is 4.12. The van der Waals surface area contributed by atoms with Gasteiger partial charge < -0.3 is 15.0 Å². The summed E-state index contributed by atoms with van der Waals surface area (Å²) in [5.74, 6) is -0.212. The topological polar surface area (TPSA) is 87.7 Å². The zero-order valence-corrected chi connectivity index (χ0v) is 17.6.